The minimum Gasteiger partial charge on any atom is -0.393 e. The molecular formula is C20H15F4N3O6S2. The van der Waals surface area contributed by atoms with Crippen molar-refractivity contribution in [1.29, 1.82) is 10.5 Å². The summed E-state index contributed by atoms with van der Waals surface area (Å²) in [6.07, 6.45) is -4.87. The van der Waals surface area contributed by atoms with E-state index in [4.69, 9.17) is 5.26 Å². The number of halogens is 4. The Bertz CT molecular complexity index is 1480. The van der Waals surface area contributed by atoms with Gasteiger partial charge in [0.05, 0.1) is 33.1 Å². The Balaban J connectivity index is 2.06. The van der Waals surface area contributed by atoms with Crippen molar-refractivity contribution in [2.45, 2.75) is 26.8 Å². The lowest BCUT2D eigenvalue weighted by Crippen LogP contribution is -2.49. The third kappa shape index (κ3) is 4.61. The molecule has 1 aliphatic heterocycles. The lowest BCUT2D eigenvalue weighted by atomic mass is 10.1. The van der Waals surface area contributed by atoms with Crippen molar-refractivity contribution in [1.82, 2.24) is 4.31 Å². The maximum atomic E-state index is 14.0. The number of benzene rings is 2. The van der Waals surface area contributed by atoms with E-state index in [1.54, 1.807) is 0 Å². The van der Waals surface area contributed by atoms with Crippen LogP contribution in [0, 0.1) is 28.5 Å². The standard InChI is InChI=1S/C20H15F4N3O6S2/c21-16-6-15(3-1-12(16)7-25)34(30,31)18-9-27(10-19(18,29)11-28)35(32,33)17-4-2-14(20(22,23)24)5-13(17)8-26/h1-6,18,28-29H,9-11H2/t18-,19+/m0/s1. The molecule has 186 valence electrons. The van der Waals surface area contributed by atoms with E-state index in [2.05, 4.69) is 0 Å². The van der Waals surface area contributed by atoms with Crippen LogP contribution in [-0.2, 0) is 26.0 Å². The Labute approximate surface area is 197 Å². The number of aliphatic hydroxyl groups excluding tert-OH is 1. The third-order valence-corrected chi connectivity index (χ3v) is 9.62. The van der Waals surface area contributed by atoms with Gasteiger partial charge in [-0.05, 0) is 36.4 Å². The molecule has 0 unspecified atom stereocenters. The highest BCUT2D eigenvalue weighted by molar-refractivity contribution is 7.92. The van der Waals surface area contributed by atoms with Crippen LogP contribution in [0.15, 0.2) is 46.2 Å². The first-order valence-electron chi connectivity index (χ1n) is 9.50. The van der Waals surface area contributed by atoms with Gasteiger partial charge in [0, 0.05) is 13.1 Å². The van der Waals surface area contributed by atoms with Crippen molar-refractivity contribution in [3.63, 3.8) is 0 Å². The van der Waals surface area contributed by atoms with E-state index in [0.29, 0.717) is 28.6 Å². The van der Waals surface area contributed by atoms with E-state index >= 15 is 0 Å². The number of rotatable bonds is 5. The Morgan fingerprint density at radius 3 is 2.20 bits per heavy atom. The van der Waals surface area contributed by atoms with Gasteiger partial charge in [0.25, 0.3) is 0 Å². The highest BCUT2D eigenvalue weighted by Crippen LogP contribution is 2.37. The van der Waals surface area contributed by atoms with Crippen molar-refractivity contribution in [2.24, 2.45) is 0 Å². The van der Waals surface area contributed by atoms with E-state index in [1.807, 2.05) is 0 Å². The third-order valence-electron chi connectivity index (χ3n) is 5.50. The van der Waals surface area contributed by atoms with E-state index in [9.17, 15) is 49.9 Å². The number of hydrogen-bond acceptors (Lipinski definition) is 8. The van der Waals surface area contributed by atoms with Gasteiger partial charge in [0.2, 0.25) is 10.0 Å². The first-order valence-corrected chi connectivity index (χ1v) is 12.5. The van der Waals surface area contributed by atoms with Crippen LogP contribution in [-0.4, -0.2) is 61.9 Å². The summed E-state index contributed by atoms with van der Waals surface area (Å²) in [5.41, 5.74) is -5.20. The molecule has 0 spiro atoms. The van der Waals surface area contributed by atoms with Gasteiger partial charge in [-0.25, -0.2) is 21.2 Å². The first kappa shape index (κ1) is 26.5. The summed E-state index contributed by atoms with van der Waals surface area (Å²) >= 11 is 0. The smallest absolute Gasteiger partial charge is 0.393 e. The SMILES string of the molecule is N#Cc1ccc(S(=O)(=O)[C@H]2CN(S(=O)(=O)c3ccc(C(F)(F)F)cc3C#N)C[C@@]2(O)CO)cc1F. The fraction of sp³-hybridized carbons (Fsp3) is 0.300. The molecule has 1 aliphatic rings. The number of β-amino-alcohol motifs (C(OH)–C–C–N with tert-alkyl or cyclic N) is 1. The molecule has 2 aromatic carbocycles. The van der Waals surface area contributed by atoms with E-state index in [1.165, 1.54) is 12.1 Å². The fourth-order valence-electron chi connectivity index (χ4n) is 3.63. The molecule has 35 heavy (non-hydrogen) atoms. The van der Waals surface area contributed by atoms with Crippen LogP contribution in [0.2, 0.25) is 0 Å². The summed E-state index contributed by atoms with van der Waals surface area (Å²) in [7, 11) is -9.53. The average molecular weight is 533 g/mol. The van der Waals surface area contributed by atoms with Crippen LogP contribution >= 0.6 is 0 Å². The summed E-state index contributed by atoms with van der Waals surface area (Å²) in [4.78, 5) is -1.56. The molecule has 2 N–H and O–H groups in total. The lowest BCUT2D eigenvalue weighted by molar-refractivity contribution is -0.137. The maximum Gasteiger partial charge on any atom is 0.416 e. The molecule has 1 fully saturated rings. The van der Waals surface area contributed by atoms with Crippen molar-refractivity contribution in [3.05, 3.63) is 58.9 Å². The van der Waals surface area contributed by atoms with Gasteiger partial charge in [-0.15, -0.1) is 0 Å². The zero-order valence-corrected chi connectivity index (χ0v) is 19.0. The van der Waals surface area contributed by atoms with Gasteiger partial charge < -0.3 is 10.2 Å². The number of sulfone groups is 1. The number of nitriles is 2. The van der Waals surface area contributed by atoms with Gasteiger partial charge >= 0.3 is 6.18 Å². The molecular weight excluding hydrogens is 518 g/mol. The number of nitrogens with zero attached hydrogens (tertiary/aromatic N) is 3. The van der Waals surface area contributed by atoms with Crippen LogP contribution in [0.5, 0.6) is 0 Å². The summed E-state index contributed by atoms with van der Waals surface area (Å²) < 4.78 is 106. The second kappa shape index (κ2) is 8.85. The Hall–Kier alpha value is -3.08. The monoisotopic (exact) mass is 533 g/mol. The Kier molecular flexibility index (Phi) is 6.71. The Morgan fingerprint density at radius 1 is 1.06 bits per heavy atom. The van der Waals surface area contributed by atoms with Gasteiger partial charge in [0.1, 0.15) is 28.8 Å². The summed E-state index contributed by atoms with van der Waals surface area (Å²) in [6.45, 7) is -3.19. The highest BCUT2D eigenvalue weighted by Gasteiger charge is 2.55. The van der Waals surface area contributed by atoms with Crippen LogP contribution in [0.4, 0.5) is 17.6 Å². The quantitative estimate of drug-likeness (QED) is 0.542. The van der Waals surface area contributed by atoms with Gasteiger partial charge in [-0.2, -0.15) is 28.0 Å². The fourth-order valence-corrected chi connectivity index (χ4v) is 7.32. The highest BCUT2D eigenvalue weighted by atomic mass is 32.2. The molecule has 2 aromatic rings. The number of hydrogen-bond donors (Lipinski definition) is 2. The summed E-state index contributed by atoms with van der Waals surface area (Å²) in [6, 6.07) is 6.37. The summed E-state index contributed by atoms with van der Waals surface area (Å²) in [5, 5.41) is 36.5. The molecule has 0 radical (unpaired) electrons. The normalized spacial score (nSPS) is 21.4. The average Bonchev–Trinajstić information content (AvgIpc) is 3.17. The van der Waals surface area contributed by atoms with Crippen molar-refractivity contribution in [2.75, 3.05) is 19.7 Å². The van der Waals surface area contributed by atoms with Crippen molar-refractivity contribution >= 4 is 19.9 Å². The molecule has 0 aliphatic carbocycles. The van der Waals surface area contributed by atoms with Crippen molar-refractivity contribution < 1.29 is 44.6 Å². The maximum absolute atomic E-state index is 14.0. The molecule has 0 bridgehead atoms. The molecule has 15 heteroatoms. The number of aliphatic hydroxyl groups is 2. The lowest BCUT2D eigenvalue weighted by Gasteiger charge is -2.26. The predicted octanol–water partition coefficient (Wildman–Crippen LogP) is 1.16. The van der Waals surface area contributed by atoms with Crippen LogP contribution < -0.4 is 0 Å². The molecule has 1 saturated heterocycles. The van der Waals surface area contributed by atoms with Crippen LogP contribution in [0.1, 0.15) is 16.7 Å². The minimum absolute atomic E-state index is 0.314. The number of alkyl halides is 3. The molecule has 3 rings (SSSR count). The zero-order valence-electron chi connectivity index (χ0n) is 17.4. The van der Waals surface area contributed by atoms with E-state index < -0.39 is 88.9 Å². The van der Waals surface area contributed by atoms with Gasteiger partial charge in [-0.1, -0.05) is 0 Å². The minimum atomic E-state index is -4.87. The topological polar surface area (TPSA) is 160 Å². The molecule has 0 amide bonds. The second-order valence-corrected chi connectivity index (χ2v) is 11.7. The zero-order chi connectivity index (χ0) is 26.4. The van der Waals surface area contributed by atoms with E-state index in [-0.39, 0.29) is 0 Å². The van der Waals surface area contributed by atoms with Gasteiger partial charge in [-0.3, -0.25) is 0 Å². The van der Waals surface area contributed by atoms with Gasteiger partial charge in [0.15, 0.2) is 9.84 Å². The number of sulfonamides is 1. The van der Waals surface area contributed by atoms with E-state index in [0.717, 1.165) is 12.1 Å². The van der Waals surface area contributed by atoms with Crippen LogP contribution in [0.3, 0.4) is 0 Å². The molecule has 1 heterocycles. The molecule has 0 saturated carbocycles. The Morgan fingerprint density at radius 2 is 1.69 bits per heavy atom. The first-order chi connectivity index (χ1) is 16.1. The predicted molar refractivity (Wildman–Crippen MR) is 109 cm³/mol. The molecule has 9 nitrogen and oxygen atoms in total. The van der Waals surface area contributed by atoms with Crippen molar-refractivity contribution in [3.8, 4) is 12.1 Å². The molecule has 2 atom stereocenters. The summed E-state index contributed by atoms with van der Waals surface area (Å²) in [5.74, 6) is -1.19. The second-order valence-electron chi connectivity index (χ2n) is 7.67. The largest absolute Gasteiger partial charge is 0.416 e. The molecule has 0 aromatic heterocycles. The van der Waals surface area contributed by atoms with Crippen LogP contribution in [0.25, 0.3) is 0 Å².